The maximum Gasteiger partial charge on any atom is 0.217 e. The number of benzene rings is 4. The van der Waals surface area contributed by atoms with Crippen molar-refractivity contribution in [3.63, 3.8) is 0 Å². The lowest BCUT2D eigenvalue weighted by Gasteiger charge is -2.28. The van der Waals surface area contributed by atoms with Crippen LogP contribution < -0.4 is 10.5 Å². The number of ether oxygens (including phenoxy) is 1. The predicted octanol–water partition coefficient (Wildman–Crippen LogP) is 5.91. The molecule has 0 saturated heterocycles. The monoisotopic (exact) mass is 508 g/mol. The Morgan fingerprint density at radius 3 is 1.95 bits per heavy atom. The van der Waals surface area contributed by atoms with Gasteiger partial charge in [-0.05, 0) is 59.4 Å². The molecule has 4 aromatic carbocycles. The molecular formula is C33H36N2O3. The van der Waals surface area contributed by atoms with Gasteiger partial charge in [-0.2, -0.15) is 0 Å². The summed E-state index contributed by atoms with van der Waals surface area (Å²) in [4.78, 5) is 13.5. The second-order valence-electron chi connectivity index (χ2n) is 9.59. The second kappa shape index (κ2) is 14.0. The molecule has 0 aliphatic rings. The van der Waals surface area contributed by atoms with E-state index < -0.39 is 0 Å². The third-order valence-electron chi connectivity index (χ3n) is 6.66. The molecule has 5 heteroatoms. The summed E-state index contributed by atoms with van der Waals surface area (Å²) in [6.45, 7) is 3.12. The van der Waals surface area contributed by atoms with E-state index in [1.165, 1.54) is 11.1 Å². The molecule has 5 nitrogen and oxygen atoms in total. The smallest absolute Gasteiger partial charge is 0.217 e. The number of hydrogen-bond donors (Lipinski definition) is 2. The van der Waals surface area contributed by atoms with Gasteiger partial charge in [-0.1, -0.05) is 84.9 Å². The minimum Gasteiger partial charge on any atom is -0.508 e. The van der Waals surface area contributed by atoms with Crippen LogP contribution in [0.3, 0.4) is 0 Å². The zero-order valence-corrected chi connectivity index (χ0v) is 21.7. The summed E-state index contributed by atoms with van der Waals surface area (Å²) >= 11 is 0. The van der Waals surface area contributed by atoms with Crippen LogP contribution in [0, 0.1) is 0 Å². The van der Waals surface area contributed by atoms with Gasteiger partial charge in [-0.25, -0.2) is 0 Å². The third-order valence-corrected chi connectivity index (χ3v) is 6.66. The molecule has 0 atom stereocenters. The SMILES string of the molecule is NC(=O)CCc1ccc(OCCCN(Cc2ccc(O)cc2)CC(c2ccccc2)c2ccccc2)cc1. The molecule has 196 valence electrons. The Bertz CT molecular complexity index is 1200. The molecule has 0 aromatic heterocycles. The fourth-order valence-electron chi connectivity index (χ4n) is 4.62. The van der Waals surface area contributed by atoms with Crippen molar-refractivity contribution < 1.29 is 14.6 Å². The fourth-order valence-corrected chi connectivity index (χ4v) is 4.62. The lowest BCUT2D eigenvalue weighted by molar-refractivity contribution is -0.117. The van der Waals surface area contributed by atoms with E-state index in [2.05, 4.69) is 65.6 Å². The van der Waals surface area contributed by atoms with Crippen molar-refractivity contribution in [1.82, 2.24) is 4.90 Å². The Kier molecular flexibility index (Phi) is 9.94. The summed E-state index contributed by atoms with van der Waals surface area (Å²) in [6.07, 6.45) is 1.87. The molecule has 0 spiro atoms. The second-order valence-corrected chi connectivity index (χ2v) is 9.59. The summed E-state index contributed by atoms with van der Waals surface area (Å²) in [5.41, 5.74) is 10.1. The molecule has 0 heterocycles. The molecule has 4 rings (SSSR count). The Morgan fingerprint density at radius 1 is 0.789 bits per heavy atom. The van der Waals surface area contributed by atoms with Crippen molar-refractivity contribution in [1.29, 1.82) is 0 Å². The van der Waals surface area contributed by atoms with Gasteiger partial charge < -0.3 is 15.6 Å². The lowest BCUT2D eigenvalue weighted by Crippen LogP contribution is -2.30. The number of nitrogens with two attached hydrogens (primary N) is 1. The normalized spacial score (nSPS) is 11.1. The maximum absolute atomic E-state index is 11.0. The number of carbonyl (C=O) groups is 1. The van der Waals surface area contributed by atoms with Crippen LogP contribution in [-0.2, 0) is 17.8 Å². The van der Waals surface area contributed by atoms with Crippen molar-refractivity contribution >= 4 is 5.91 Å². The number of carbonyl (C=O) groups excluding carboxylic acids is 1. The number of primary amides is 1. The quantitative estimate of drug-likeness (QED) is 0.208. The predicted molar refractivity (Wildman–Crippen MR) is 152 cm³/mol. The van der Waals surface area contributed by atoms with E-state index >= 15 is 0 Å². The average molecular weight is 509 g/mol. The first kappa shape index (κ1) is 27.0. The first-order valence-corrected chi connectivity index (χ1v) is 13.2. The number of aromatic hydroxyl groups is 1. The summed E-state index contributed by atoms with van der Waals surface area (Å²) in [7, 11) is 0. The van der Waals surface area contributed by atoms with Crippen LogP contribution >= 0.6 is 0 Å². The van der Waals surface area contributed by atoms with Gasteiger partial charge in [0.2, 0.25) is 5.91 Å². The van der Waals surface area contributed by atoms with E-state index in [4.69, 9.17) is 10.5 Å². The topological polar surface area (TPSA) is 75.8 Å². The van der Waals surface area contributed by atoms with Gasteiger partial charge in [-0.3, -0.25) is 9.69 Å². The first-order chi connectivity index (χ1) is 18.6. The van der Waals surface area contributed by atoms with Gasteiger partial charge in [0, 0.05) is 32.0 Å². The lowest BCUT2D eigenvalue weighted by atomic mass is 9.90. The van der Waals surface area contributed by atoms with Crippen LogP contribution in [0.1, 0.15) is 41.0 Å². The van der Waals surface area contributed by atoms with Crippen molar-refractivity contribution in [3.8, 4) is 11.5 Å². The highest BCUT2D eigenvalue weighted by molar-refractivity contribution is 5.74. The van der Waals surface area contributed by atoms with E-state index in [1.54, 1.807) is 12.1 Å². The van der Waals surface area contributed by atoms with Gasteiger partial charge in [0.1, 0.15) is 11.5 Å². The van der Waals surface area contributed by atoms with Gasteiger partial charge >= 0.3 is 0 Å². The number of nitrogens with zero attached hydrogens (tertiary/aromatic N) is 1. The fraction of sp³-hybridized carbons (Fsp3) is 0.242. The molecule has 0 bridgehead atoms. The molecule has 1 amide bonds. The van der Waals surface area contributed by atoms with Crippen molar-refractivity contribution in [2.24, 2.45) is 5.73 Å². The first-order valence-electron chi connectivity index (χ1n) is 13.2. The highest BCUT2D eigenvalue weighted by Crippen LogP contribution is 2.27. The standard InChI is InChI=1S/C33H36N2O3/c34-33(37)21-16-26-14-19-31(20-15-26)38-23-7-22-35(24-27-12-17-30(36)18-13-27)25-32(28-8-3-1-4-9-28)29-10-5-2-6-11-29/h1-6,8-15,17-20,32,36H,7,16,21-25H2,(H2,34,37). The summed E-state index contributed by atoms with van der Waals surface area (Å²) in [5, 5.41) is 9.74. The number of phenolic OH excluding ortho intramolecular Hbond substituents is 1. The van der Waals surface area contributed by atoms with Crippen molar-refractivity contribution in [3.05, 3.63) is 131 Å². The minimum absolute atomic E-state index is 0.239. The molecule has 38 heavy (non-hydrogen) atoms. The van der Waals surface area contributed by atoms with E-state index in [-0.39, 0.29) is 17.6 Å². The van der Waals surface area contributed by atoms with Crippen LogP contribution in [0.15, 0.2) is 109 Å². The molecule has 0 radical (unpaired) electrons. The molecule has 3 N–H and O–H groups in total. The molecular weight excluding hydrogens is 472 g/mol. The molecule has 4 aromatic rings. The summed E-state index contributed by atoms with van der Waals surface area (Å²) in [5.74, 6) is 1.05. The number of rotatable bonds is 14. The van der Waals surface area contributed by atoms with Crippen LogP contribution in [0.2, 0.25) is 0 Å². The van der Waals surface area contributed by atoms with Crippen LogP contribution in [0.25, 0.3) is 0 Å². The Balaban J connectivity index is 1.41. The Hall–Kier alpha value is -4.09. The van der Waals surface area contributed by atoms with E-state index in [1.807, 2.05) is 36.4 Å². The molecule has 0 fully saturated rings. The molecule has 0 aliphatic heterocycles. The van der Waals surface area contributed by atoms with Gasteiger partial charge in [0.15, 0.2) is 0 Å². The van der Waals surface area contributed by atoms with Crippen molar-refractivity contribution in [2.75, 3.05) is 19.7 Å². The van der Waals surface area contributed by atoms with E-state index in [0.29, 0.717) is 19.4 Å². The van der Waals surface area contributed by atoms with Crippen molar-refractivity contribution in [2.45, 2.75) is 31.7 Å². The zero-order chi connectivity index (χ0) is 26.6. The number of phenols is 1. The largest absolute Gasteiger partial charge is 0.508 e. The van der Waals surface area contributed by atoms with Gasteiger partial charge in [-0.15, -0.1) is 0 Å². The number of amides is 1. The van der Waals surface area contributed by atoms with Crippen LogP contribution in [0.5, 0.6) is 11.5 Å². The number of aryl methyl sites for hydroxylation is 1. The highest BCUT2D eigenvalue weighted by Gasteiger charge is 2.18. The molecule has 0 unspecified atom stereocenters. The highest BCUT2D eigenvalue weighted by atomic mass is 16.5. The van der Waals surface area contributed by atoms with Gasteiger partial charge in [0.05, 0.1) is 6.61 Å². The summed E-state index contributed by atoms with van der Waals surface area (Å²) < 4.78 is 6.03. The van der Waals surface area contributed by atoms with Gasteiger partial charge in [0.25, 0.3) is 0 Å². The van der Waals surface area contributed by atoms with Crippen LogP contribution in [0.4, 0.5) is 0 Å². The van der Waals surface area contributed by atoms with E-state index in [0.717, 1.165) is 42.9 Å². The average Bonchev–Trinajstić information content (AvgIpc) is 2.95. The Morgan fingerprint density at radius 2 is 1.37 bits per heavy atom. The Labute approximate surface area is 225 Å². The van der Waals surface area contributed by atoms with Crippen LogP contribution in [-0.4, -0.2) is 35.6 Å². The maximum atomic E-state index is 11.0. The number of hydrogen-bond acceptors (Lipinski definition) is 4. The zero-order valence-electron chi connectivity index (χ0n) is 21.7. The third kappa shape index (κ3) is 8.49. The summed E-state index contributed by atoms with van der Waals surface area (Å²) in [6, 6.07) is 36.6. The molecule has 0 saturated carbocycles. The van der Waals surface area contributed by atoms with E-state index in [9.17, 15) is 9.90 Å². The minimum atomic E-state index is -0.288. The molecule has 0 aliphatic carbocycles.